The van der Waals surface area contributed by atoms with Crippen LogP contribution in [0.4, 0.5) is 0 Å². The predicted molar refractivity (Wildman–Crippen MR) is 115 cm³/mol. The van der Waals surface area contributed by atoms with Gasteiger partial charge in [0.05, 0.1) is 22.8 Å². The molecule has 8 heteroatoms. The molecule has 0 unspecified atom stereocenters. The molecule has 146 valence electrons. The Morgan fingerprint density at radius 1 is 1.21 bits per heavy atom. The van der Waals surface area contributed by atoms with Gasteiger partial charge in [0.15, 0.2) is 5.82 Å². The first-order valence-corrected chi connectivity index (χ1v) is 10.8. The SMILES string of the molecule is Cn1ccnc1C(=O)c1cc(SCC(=O)NCc2cccs2)nc2ccccc12. The van der Waals surface area contributed by atoms with E-state index < -0.39 is 0 Å². The van der Waals surface area contributed by atoms with Gasteiger partial charge in [-0.15, -0.1) is 11.3 Å². The highest BCUT2D eigenvalue weighted by molar-refractivity contribution is 7.99. The summed E-state index contributed by atoms with van der Waals surface area (Å²) in [5.41, 5.74) is 1.25. The number of fused-ring (bicyclic) bond motifs is 1. The number of ketones is 1. The van der Waals surface area contributed by atoms with Crippen LogP contribution in [0.15, 0.2) is 65.3 Å². The monoisotopic (exact) mass is 422 g/mol. The summed E-state index contributed by atoms with van der Waals surface area (Å²) in [5, 5.41) is 6.29. The Bertz CT molecular complexity index is 1170. The molecule has 0 saturated heterocycles. The average Bonchev–Trinajstić information content (AvgIpc) is 3.41. The number of nitrogens with one attached hydrogen (secondary N) is 1. The number of aromatic nitrogens is 3. The molecule has 1 aromatic carbocycles. The number of thioether (sulfide) groups is 1. The summed E-state index contributed by atoms with van der Waals surface area (Å²) in [6, 6.07) is 13.2. The van der Waals surface area contributed by atoms with Crippen molar-refractivity contribution in [3.05, 3.63) is 76.5 Å². The summed E-state index contributed by atoms with van der Waals surface area (Å²) >= 11 is 2.92. The number of aryl methyl sites for hydroxylation is 1. The summed E-state index contributed by atoms with van der Waals surface area (Å²) in [6.07, 6.45) is 3.34. The number of nitrogens with zero attached hydrogens (tertiary/aromatic N) is 3. The first-order valence-electron chi connectivity index (χ1n) is 8.95. The quantitative estimate of drug-likeness (QED) is 0.363. The zero-order valence-corrected chi connectivity index (χ0v) is 17.3. The number of imidazole rings is 1. The van der Waals surface area contributed by atoms with Gasteiger partial charge < -0.3 is 9.88 Å². The van der Waals surface area contributed by atoms with E-state index in [1.54, 1.807) is 41.4 Å². The fourth-order valence-electron chi connectivity index (χ4n) is 2.91. The van der Waals surface area contributed by atoms with Gasteiger partial charge in [-0.3, -0.25) is 9.59 Å². The van der Waals surface area contributed by atoms with Gasteiger partial charge >= 0.3 is 0 Å². The number of carbonyl (C=O) groups is 2. The maximum absolute atomic E-state index is 13.1. The summed E-state index contributed by atoms with van der Waals surface area (Å²) < 4.78 is 1.70. The molecule has 0 fully saturated rings. The fourth-order valence-corrected chi connectivity index (χ4v) is 4.30. The van der Waals surface area contributed by atoms with Crippen molar-refractivity contribution in [2.45, 2.75) is 11.6 Å². The number of para-hydroxylation sites is 1. The van der Waals surface area contributed by atoms with Crippen LogP contribution in [0.2, 0.25) is 0 Å². The highest BCUT2D eigenvalue weighted by atomic mass is 32.2. The Labute approximate surface area is 176 Å². The van der Waals surface area contributed by atoms with Crippen LogP contribution in [0, 0.1) is 0 Å². The van der Waals surface area contributed by atoms with Gasteiger partial charge in [0.2, 0.25) is 11.7 Å². The number of rotatable bonds is 7. The zero-order valence-electron chi connectivity index (χ0n) is 15.7. The van der Waals surface area contributed by atoms with Crippen LogP contribution in [-0.2, 0) is 18.4 Å². The molecular formula is C21H18N4O2S2. The zero-order chi connectivity index (χ0) is 20.2. The van der Waals surface area contributed by atoms with Crippen molar-refractivity contribution in [3.8, 4) is 0 Å². The number of hydrogen-bond acceptors (Lipinski definition) is 6. The van der Waals surface area contributed by atoms with Crippen molar-refractivity contribution in [3.63, 3.8) is 0 Å². The third-order valence-corrected chi connectivity index (χ3v) is 6.14. The minimum atomic E-state index is -0.167. The van der Waals surface area contributed by atoms with E-state index in [0.29, 0.717) is 28.5 Å². The molecule has 0 atom stereocenters. The van der Waals surface area contributed by atoms with Crippen LogP contribution in [-0.4, -0.2) is 32.0 Å². The van der Waals surface area contributed by atoms with Crippen molar-refractivity contribution in [1.82, 2.24) is 19.9 Å². The molecule has 0 aliphatic carbocycles. The lowest BCUT2D eigenvalue weighted by molar-refractivity contribution is -0.118. The van der Waals surface area contributed by atoms with E-state index in [4.69, 9.17) is 0 Å². The second-order valence-electron chi connectivity index (χ2n) is 6.36. The highest BCUT2D eigenvalue weighted by Crippen LogP contribution is 2.26. The average molecular weight is 423 g/mol. The van der Waals surface area contributed by atoms with Crippen molar-refractivity contribution in [2.24, 2.45) is 7.05 Å². The Hall–Kier alpha value is -2.97. The molecule has 3 aromatic heterocycles. The maximum atomic E-state index is 13.1. The molecule has 0 saturated carbocycles. The highest BCUT2D eigenvalue weighted by Gasteiger charge is 2.18. The van der Waals surface area contributed by atoms with Gasteiger partial charge in [0, 0.05) is 35.3 Å². The maximum Gasteiger partial charge on any atom is 0.230 e. The molecule has 4 rings (SSSR count). The van der Waals surface area contributed by atoms with Gasteiger partial charge in [0.1, 0.15) is 0 Å². The predicted octanol–water partition coefficient (Wildman–Crippen LogP) is 3.67. The second-order valence-corrected chi connectivity index (χ2v) is 8.39. The third-order valence-electron chi connectivity index (χ3n) is 4.35. The third kappa shape index (κ3) is 4.38. The van der Waals surface area contributed by atoms with Gasteiger partial charge in [-0.05, 0) is 23.6 Å². The van der Waals surface area contributed by atoms with Gasteiger partial charge in [-0.25, -0.2) is 9.97 Å². The van der Waals surface area contributed by atoms with E-state index in [9.17, 15) is 9.59 Å². The standard InChI is InChI=1S/C21H18N4O2S2/c1-25-9-8-22-21(25)20(27)16-11-19(24-17-7-3-2-6-15(16)17)29-13-18(26)23-12-14-5-4-10-28-14/h2-11H,12-13H2,1H3,(H,23,26). The number of hydrogen-bond donors (Lipinski definition) is 1. The molecule has 29 heavy (non-hydrogen) atoms. The summed E-state index contributed by atoms with van der Waals surface area (Å²) in [4.78, 5) is 35.1. The Balaban J connectivity index is 1.54. The van der Waals surface area contributed by atoms with E-state index in [0.717, 1.165) is 10.3 Å². The lowest BCUT2D eigenvalue weighted by Crippen LogP contribution is -2.24. The van der Waals surface area contributed by atoms with Gasteiger partial charge in [-0.1, -0.05) is 36.0 Å². The largest absolute Gasteiger partial charge is 0.350 e. The van der Waals surface area contributed by atoms with Crippen molar-refractivity contribution < 1.29 is 9.59 Å². The van der Waals surface area contributed by atoms with Crippen LogP contribution in [0.25, 0.3) is 10.9 Å². The Morgan fingerprint density at radius 3 is 2.83 bits per heavy atom. The van der Waals surface area contributed by atoms with E-state index in [2.05, 4.69) is 15.3 Å². The van der Waals surface area contributed by atoms with Crippen LogP contribution in [0.1, 0.15) is 21.1 Å². The molecule has 6 nitrogen and oxygen atoms in total. The molecule has 1 N–H and O–H groups in total. The minimum Gasteiger partial charge on any atom is -0.350 e. The van der Waals surface area contributed by atoms with Crippen LogP contribution < -0.4 is 5.32 Å². The van der Waals surface area contributed by atoms with Crippen LogP contribution in [0.5, 0.6) is 0 Å². The lowest BCUT2D eigenvalue weighted by Gasteiger charge is -2.09. The number of benzene rings is 1. The van der Waals surface area contributed by atoms with Crippen molar-refractivity contribution >= 4 is 45.7 Å². The molecule has 0 bridgehead atoms. The summed E-state index contributed by atoms with van der Waals surface area (Å²) in [6.45, 7) is 0.519. The molecule has 3 heterocycles. The minimum absolute atomic E-state index is 0.0738. The number of amides is 1. The Kier molecular flexibility index (Phi) is 5.73. The molecule has 1 amide bonds. The number of thiophene rings is 1. The molecule has 0 aliphatic rings. The summed E-state index contributed by atoms with van der Waals surface area (Å²) in [7, 11) is 1.79. The molecule has 0 spiro atoms. The lowest BCUT2D eigenvalue weighted by atomic mass is 10.1. The van der Waals surface area contributed by atoms with E-state index in [-0.39, 0.29) is 17.4 Å². The normalized spacial score (nSPS) is 10.9. The van der Waals surface area contributed by atoms with Crippen molar-refractivity contribution in [2.75, 3.05) is 5.75 Å². The first-order chi connectivity index (χ1) is 14.1. The smallest absolute Gasteiger partial charge is 0.230 e. The van der Waals surface area contributed by atoms with Crippen LogP contribution in [0.3, 0.4) is 0 Å². The molecule has 4 aromatic rings. The molecule has 0 radical (unpaired) electrons. The topological polar surface area (TPSA) is 76.9 Å². The number of carbonyl (C=O) groups excluding carboxylic acids is 2. The number of pyridine rings is 1. The van der Waals surface area contributed by atoms with E-state index in [1.807, 2.05) is 41.8 Å². The molecule has 0 aliphatic heterocycles. The van der Waals surface area contributed by atoms with Gasteiger partial charge in [0.25, 0.3) is 0 Å². The van der Waals surface area contributed by atoms with Gasteiger partial charge in [-0.2, -0.15) is 0 Å². The Morgan fingerprint density at radius 2 is 2.07 bits per heavy atom. The molecular weight excluding hydrogens is 404 g/mol. The van der Waals surface area contributed by atoms with E-state index >= 15 is 0 Å². The van der Waals surface area contributed by atoms with E-state index in [1.165, 1.54) is 11.8 Å². The fraction of sp³-hybridized carbons (Fsp3) is 0.143. The first kappa shape index (κ1) is 19.4. The second kappa shape index (κ2) is 8.59. The summed E-state index contributed by atoms with van der Waals surface area (Å²) in [5.74, 6) is 0.355. The van der Waals surface area contributed by atoms with Crippen LogP contribution >= 0.6 is 23.1 Å². The van der Waals surface area contributed by atoms with Crippen molar-refractivity contribution in [1.29, 1.82) is 0 Å².